The Morgan fingerprint density at radius 3 is 1.65 bits per heavy atom. The molecule has 1 unspecified atom stereocenters. The second-order valence-corrected chi connectivity index (χ2v) is 10.4. The minimum atomic E-state index is 0.443. The zero-order valence-electron chi connectivity index (χ0n) is 18.4. The van der Waals surface area contributed by atoms with E-state index in [2.05, 4.69) is 55.6 Å². The van der Waals surface area contributed by atoms with Crippen LogP contribution >= 0.6 is 9.39 Å². The van der Waals surface area contributed by atoms with Crippen LogP contribution in [0.1, 0.15) is 110 Å². The molecule has 1 atom stereocenters. The minimum Gasteiger partial charge on any atom is -0.287 e. The van der Waals surface area contributed by atoms with Gasteiger partial charge in [-0.3, -0.25) is 4.25 Å². The van der Waals surface area contributed by atoms with E-state index in [1.54, 1.807) is 0 Å². The van der Waals surface area contributed by atoms with Gasteiger partial charge < -0.3 is 0 Å². The molecule has 1 rings (SSSR count). The monoisotopic (exact) mass is 380 g/mol. The average molecular weight is 381 g/mol. The molecule has 0 amide bonds. The Bertz CT molecular complexity index is 400. The van der Waals surface area contributed by atoms with Gasteiger partial charge in [-0.25, -0.2) is 0 Å². The van der Waals surface area contributed by atoms with Crippen LogP contribution in [0.4, 0.5) is 0 Å². The molecule has 1 aliphatic rings. The second-order valence-electron chi connectivity index (χ2n) is 9.10. The Labute approximate surface area is 167 Å². The molecule has 0 radical (unpaired) electrons. The van der Waals surface area contributed by atoms with Gasteiger partial charge in [0.1, 0.15) is 5.70 Å². The standard InChI is InChI=1S/C24H47NP/c1-5-7-9-11-13-15-19-24(20-16-14-12-10-8-6-2)21-17-23(18-22-24)25(3,4)26/h17-18,21H,5-16,19-20,22,26H2,1-4H3/q+1. The van der Waals surface area contributed by atoms with Crippen LogP contribution in [-0.2, 0) is 0 Å². The molecular weight excluding hydrogens is 333 g/mol. The normalized spacial score (nSPS) is 16.7. The zero-order valence-corrected chi connectivity index (χ0v) is 19.5. The van der Waals surface area contributed by atoms with Crippen LogP contribution in [0, 0.1) is 5.41 Å². The van der Waals surface area contributed by atoms with E-state index in [4.69, 9.17) is 0 Å². The molecule has 0 aromatic carbocycles. The molecule has 0 spiro atoms. The van der Waals surface area contributed by atoms with Crippen LogP contribution in [0.25, 0.3) is 0 Å². The highest BCUT2D eigenvalue weighted by atomic mass is 31.0. The van der Waals surface area contributed by atoms with Gasteiger partial charge in [-0.05, 0) is 36.8 Å². The molecule has 1 nitrogen and oxygen atoms in total. The number of likely N-dealkylation sites (N-methyl/N-ethyl adjacent to an activating group) is 1. The molecule has 152 valence electrons. The fourth-order valence-electron chi connectivity index (χ4n) is 4.14. The molecule has 0 aliphatic heterocycles. The van der Waals surface area contributed by atoms with E-state index in [0.717, 1.165) is 4.25 Å². The molecule has 26 heavy (non-hydrogen) atoms. The third kappa shape index (κ3) is 9.70. The van der Waals surface area contributed by atoms with E-state index >= 15 is 0 Å². The van der Waals surface area contributed by atoms with Crippen molar-refractivity contribution < 1.29 is 4.25 Å². The number of allylic oxidation sites excluding steroid dienone is 3. The zero-order chi connectivity index (χ0) is 19.3. The topological polar surface area (TPSA) is 0 Å². The molecule has 1 aliphatic carbocycles. The summed E-state index contributed by atoms with van der Waals surface area (Å²) in [5.74, 6) is 0. The third-order valence-electron chi connectivity index (χ3n) is 6.05. The quantitative estimate of drug-likeness (QED) is 0.198. The van der Waals surface area contributed by atoms with Gasteiger partial charge in [0.05, 0.1) is 23.5 Å². The van der Waals surface area contributed by atoms with Gasteiger partial charge >= 0.3 is 0 Å². The van der Waals surface area contributed by atoms with E-state index in [-0.39, 0.29) is 0 Å². The van der Waals surface area contributed by atoms with Crippen molar-refractivity contribution in [2.75, 3.05) is 14.1 Å². The molecule has 0 fully saturated rings. The molecule has 0 saturated heterocycles. The highest BCUT2D eigenvalue weighted by Gasteiger charge is 2.30. The number of nitrogens with zero attached hydrogens (tertiary/aromatic N) is 1. The molecule has 0 aromatic heterocycles. The molecule has 0 aromatic rings. The van der Waals surface area contributed by atoms with E-state index in [9.17, 15) is 0 Å². The number of rotatable bonds is 15. The summed E-state index contributed by atoms with van der Waals surface area (Å²) in [6, 6.07) is 0. The fraction of sp³-hybridized carbons (Fsp3) is 0.833. The Hall–Kier alpha value is -0.130. The Kier molecular flexibility index (Phi) is 12.1. The molecule has 0 heterocycles. The van der Waals surface area contributed by atoms with Gasteiger partial charge in [0, 0.05) is 0 Å². The van der Waals surface area contributed by atoms with Crippen molar-refractivity contribution in [1.82, 2.24) is 0 Å². The van der Waals surface area contributed by atoms with Gasteiger partial charge in [-0.2, -0.15) is 0 Å². The molecule has 0 N–H and O–H groups in total. The van der Waals surface area contributed by atoms with Crippen LogP contribution in [0.5, 0.6) is 0 Å². The smallest absolute Gasteiger partial charge is 0.128 e. The summed E-state index contributed by atoms with van der Waals surface area (Å²) in [5, 5.41) is 0. The number of quaternary nitrogens is 1. The van der Waals surface area contributed by atoms with Gasteiger partial charge in [0.15, 0.2) is 0 Å². The van der Waals surface area contributed by atoms with Crippen molar-refractivity contribution in [1.29, 1.82) is 0 Å². The van der Waals surface area contributed by atoms with Crippen LogP contribution in [-0.4, -0.2) is 18.3 Å². The molecule has 0 bridgehead atoms. The summed E-state index contributed by atoms with van der Waals surface area (Å²) < 4.78 is 0.862. The van der Waals surface area contributed by atoms with E-state index < -0.39 is 0 Å². The Morgan fingerprint density at radius 1 is 0.808 bits per heavy atom. The first-order valence-corrected chi connectivity index (χ1v) is 12.0. The first-order valence-electron chi connectivity index (χ1n) is 11.5. The first-order chi connectivity index (χ1) is 12.4. The summed E-state index contributed by atoms with van der Waals surface area (Å²) in [4.78, 5) is 0. The minimum absolute atomic E-state index is 0.443. The highest BCUT2D eigenvalue weighted by Crippen LogP contribution is 2.41. The summed E-state index contributed by atoms with van der Waals surface area (Å²) in [6.07, 6.45) is 28.5. The van der Waals surface area contributed by atoms with Crippen molar-refractivity contribution >= 4 is 9.39 Å². The Balaban J connectivity index is 2.48. The SMILES string of the molecule is CCCCCCCCC1(CCCCCCCC)C=CC([N+](C)(C)P)=CC1. The van der Waals surface area contributed by atoms with Gasteiger partial charge in [-0.1, -0.05) is 97.0 Å². The summed E-state index contributed by atoms with van der Waals surface area (Å²) in [6.45, 7) is 4.61. The largest absolute Gasteiger partial charge is 0.287 e. The lowest BCUT2D eigenvalue weighted by atomic mass is 9.73. The number of hydrogen-bond acceptors (Lipinski definition) is 0. The van der Waals surface area contributed by atoms with Crippen molar-refractivity contribution in [3.05, 3.63) is 23.9 Å². The maximum Gasteiger partial charge on any atom is 0.128 e. The maximum absolute atomic E-state index is 2.94. The fourth-order valence-corrected chi connectivity index (χ4v) is 4.34. The summed E-state index contributed by atoms with van der Waals surface area (Å²) >= 11 is 0. The lowest BCUT2D eigenvalue weighted by Gasteiger charge is -2.35. The molecular formula is C24H47NP+. The first kappa shape index (κ1) is 23.9. The lowest BCUT2D eigenvalue weighted by molar-refractivity contribution is -0.708. The summed E-state index contributed by atoms with van der Waals surface area (Å²) in [5.41, 5.74) is 1.88. The predicted octanol–water partition coefficient (Wildman–Crippen LogP) is 8.18. The third-order valence-corrected chi connectivity index (χ3v) is 6.35. The van der Waals surface area contributed by atoms with Crippen molar-refractivity contribution in [2.45, 2.75) is 110 Å². The Morgan fingerprint density at radius 2 is 1.27 bits per heavy atom. The maximum atomic E-state index is 2.94. The van der Waals surface area contributed by atoms with E-state index in [0.29, 0.717) is 5.41 Å². The van der Waals surface area contributed by atoms with Crippen LogP contribution in [0.3, 0.4) is 0 Å². The average Bonchev–Trinajstić information content (AvgIpc) is 2.61. The van der Waals surface area contributed by atoms with Crippen LogP contribution in [0.15, 0.2) is 23.9 Å². The predicted molar refractivity (Wildman–Crippen MR) is 122 cm³/mol. The van der Waals surface area contributed by atoms with E-state index in [1.807, 2.05) is 0 Å². The second kappa shape index (κ2) is 13.1. The number of hydrogen-bond donors (Lipinski definition) is 0. The van der Waals surface area contributed by atoms with Crippen LogP contribution in [0.2, 0.25) is 0 Å². The summed E-state index contributed by atoms with van der Waals surface area (Å²) in [7, 11) is 7.43. The molecule has 2 heteroatoms. The molecule has 0 saturated carbocycles. The van der Waals surface area contributed by atoms with Gasteiger partial charge in [0.25, 0.3) is 0 Å². The van der Waals surface area contributed by atoms with Gasteiger partial charge in [0.2, 0.25) is 0 Å². The number of unbranched alkanes of at least 4 members (excludes halogenated alkanes) is 10. The van der Waals surface area contributed by atoms with Crippen molar-refractivity contribution in [3.63, 3.8) is 0 Å². The van der Waals surface area contributed by atoms with Crippen molar-refractivity contribution in [2.24, 2.45) is 5.41 Å². The van der Waals surface area contributed by atoms with E-state index in [1.165, 1.54) is 102 Å². The van der Waals surface area contributed by atoms with Crippen molar-refractivity contribution in [3.8, 4) is 0 Å². The lowest BCUT2D eigenvalue weighted by Crippen LogP contribution is -2.28. The highest BCUT2D eigenvalue weighted by molar-refractivity contribution is 7.09. The van der Waals surface area contributed by atoms with Gasteiger partial charge in [-0.15, -0.1) is 0 Å². The van der Waals surface area contributed by atoms with Crippen LogP contribution < -0.4 is 0 Å².